The molecule has 1 amide bonds. The summed E-state index contributed by atoms with van der Waals surface area (Å²) in [6.07, 6.45) is 0. The molecule has 2 rings (SSSR count). The number of nitrogens with two attached hydrogens (primary N) is 1. The summed E-state index contributed by atoms with van der Waals surface area (Å²) < 4.78 is 0.818. The number of halogens is 2. The molecule has 0 aromatic heterocycles. The van der Waals surface area contributed by atoms with Crippen LogP contribution in [0.5, 0.6) is 0 Å². The van der Waals surface area contributed by atoms with Gasteiger partial charge in [-0.05, 0) is 58.7 Å². The molecule has 0 bridgehead atoms. The van der Waals surface area contributed by atoms with Crippen molar-refractivity contribution in [2.75, 3.05) is 11.1 Å². The zero-order valence-electron chi connectivity index (χ0n) is 10.2. The van der Waals surface area contributed by atoms with E-state index in [0.29, 0.717) is 22.0 Å². The van der Waals surface area contributed by atoms with Crippen LogP contribution in [-0.2, 0) is 0 Å². The van der Waals surface area contributed by atoms with Crippen LogP contribution in [0.4, 0.5) is 11.4 Å². The molecule has 19 heavy (non-hydrogen) atoms. The van der Waals surface area contributed by atoms with Crippen molar-refractivity contribution in [2.24, 2.45) is 0 Å². The first kappa shape index (κ1) is 13.9. The molecule has 5 heteroatoms. The monoisotopic (exact) mass is 338 g/mol. The normalized spacial score (nSPS) is 10.3. The summed E-state index contributed by atoms with van der Waals surface area (Å²) in [5.74, 6) is -0.267. The van der Waals surface area contributed by atoms with Gasteiger partial charge in [0.15, 0.2) is 0 Å². The van der Waals surface area contributed by atoms with E-state index < -0.39 is 0 Å². The maximum atomic E-state index is 12.2. The number of carbonyl (C=O) groups is 1. The highest BCUT2D eigenvalue weighted by Crippen LogP contribution is 2.25. The van der Waals surface area contributed by atoms with Gasteiger partial charge in [-0.3, -0.25) is 4.79 Å². The largest absolute Gasteiger partial charge is 0.399 e. The predicted octanol–water partition coefficient (Wildman–Crippen LogP) is 4.25. The molecule has 98 valence electrons. The lowest BCUT2D eigenvalue weighted by molar-refractivity contribution is 0.102. The lowest BCUT2D eigenvalue weighted by atomic mass is 10.1. The summed E-state index contributed by atoms with van der Waals surface area (Å²) >= 11 is 9.40. The summed E-state index contributed by atoms with van der Waals surface area (Å²) in [6, 6.07) is 10.5. The van der Waals surface area contributed by atoms with Crippen LogP contribution in [0.3, 0.4) is 0 Å². The second-order valence-electron chi connectivity index (χ2n) is 4.18. The van der Waals surface area contributed by atoms with Crippen molar-refractivity contribution >= 4 is 44.8 Å². The molecule has 0 fully saturated rings. The Morgan fingerprint density at radius 3 is 2.68 bits per heavy atom. The Hall–Kier alpha value is -1.52. The molecule has 0 radical (unpaired) electrons. The number of hydrogen-bond donors (Lipinski definition) is 2. The van der Waals surface area contributed by atoms with Crippen LogP contribution in [0.15, 0.2) is 40.9 Å². The summed E-state index contributed by atoms with van der Waals surface area (Å²) in [7, 11) is 0. The molecule has 0 saturated carbocycles. The van der Waals surface area contributed by atoms with Gasteiger partial charge in [0.25, 0.3) is 5.91 Å². The van der Waals surface area contributed by atoms with Gasteiger partial charge in [0, 0.05) is 10.2 Å². The van der Waals surface area contributed by atoms with Gasteiger partial charge in [-0.2, -0.15) is 0 Å². The number of rotatable bonds is 2. The molecule has 2 aromatic carbocycles. The van der Waals surface area contributed by atoms with Crippen LogP contribution in [-0.4, -0.2) is 5.91 Å². The van der Waals surface area contributed by atoms with Crippen LogP contribution < -0.4 is 11.1 Å². The van der Waals surface area contributed by atoms with Gasteiger partial charge < -0.3 is 11.1 Å². The number of benzene rings is 2. The third kappa shape index (κ3) is 3.28. The summed E-state index contributed by atoms with van der Waals surface area (Å²) in [5, 5.41) is 3.15. The lowest BCUT2D eigenvalue weighted by Gasteiger charge is -2.09. The maximum absolute atomic E-state index is 12.2. The number of aryl methyl sites for hydroxylation is 1. The molecule has 0 unspecified atom stereocenters. The Balaban J connectivity index is 2.28. The van der Waals surface area contributed by atoms with Crippen LogP contribution in [0.2, 0.25) is 5.02 Å². The Kier molecular flexibility index (Phi) is 4.12. The van der Waals surface area contributed by atoms with Gasteiger partial charge in [-0.1, -0.05) is 17.7 Å². The van der Waals surface area contributed by atoms with Gasteiger partial charge in [0.2, 0.25) is 0 Å². The molecular formula is C14H12BrClN2O. The number of carbonyl (C=O) groups excluding carboxylic acids is 1. The van der Waals surface area contributed by atoms with Crippen molar-refractivity contribution in [1.82, 2.24) is 0 Å². The molecule has 0 aliphatic rings. The van der Waals surface area contributed by atoms with E-state index in [9.17, 15) is 4.79 Å². The fraction of sp³-hybridized carbons (Fsp3) is 0.0714. The summed E-state index contributed by atoms with van der Waals surface area (Å²) in [4.78, 5) is 12.2. The van der Waals surface area contributed by atoms with Crippen molar-refractivity contribution in [3.63, 3.8) is 0 Å². The third-order valence-corrected chi connectivity index (χ3v) is 3.61. The third-order valence-electron chi connectivity index (χ3n) is 2.61. The number of nitrogen functional groups attached to an aromatic ring is 1. The molecule has 0 aliphatic heterocycles. The minimum absolute atomic E-state index is 0.267. The number of amides is 1. The average Bonchev–Trinajstić information content (AvgIpc) is 2.33. The van der Waals surface area contributed by atoms with Crippen molar-refractivity contribution < 1.29 is 4.79 Å². The van der Waals surface area contributed by atoms with Gasteiger partial charge in [-0.25, -0.2) is 0 Å². The zero-order valence-corrected chi connectivity index (χ0v) is 12.5. The molecule has 0 saturated heterocycles. The van der Waals surface area contributed by atoms with Gasteiger partial charge in [-0.15, -0.1) is 0 Å². The minimum Gasteiger partial charge on any atom is -0.399 e. The first-order valence-electron chi connectivity index (χ1n) is 5.60. The fourth-order valence-corrected chi connectivity index (χ4v) is 2.26. The molecule has 0 atom stereocenters. The first-order chi connectivity index (χ1) is 8.97. The van der Waals surface area contributed by atoms with E-state index in [1.807, 2.05) is 25.1 Å². The number of nitrogens with one attached hydrogen (secondary N) is 1. The smallest absolute Gasteiger partial charge is 0.257 e. The topological polar surface area (TPSA) is 55.1 Å². The molecule has 0 heterocycles. The van der Waals surface area contributed by atoms with E-state index in [-0.39, 0.29) is 5.91 Å². The quantitative estimate of drug-likeness (QED) is 0.804. The van der Waals surface area contributed by atoms with Crippen LogP contribution in [0.25, 0.3) is 0 Å². The average molecular weight is 340 g/mol. The standard InChI is InChI=1S/C14H12BrClN2O/c1-8-2-5-11(15)13(6-8)18-14(19)10-4-3-9(17)7-12(10)16/h2-7H,17H2,1H3,(H,18,19). The van der Waals surface area contributed by atoms with Gasteiger partial charge >= 0.3 is 0 Å². The summed E-state index contributed by atoms with van der Waals surface area (Å²) in [6.45, 7) is 1.96. The Morgan fingerprint density at radius 1 is 1.26 bits per heavy atom. The highest BCUT2D eigenvalue weighted by Gasteiger charge is 2.12. The van der Waals surface area contributed by atoms with Gasteiger partial charge in [0.1, 0.15) is 0 Å². The van der Waals surface area contributed by atoms with Crippen molar-refractivity contribution in [1.29, 1.82) is 0 Å². The van der Waals surface area contributed by atoms with Crippen molar-refractivity contribution in [3.05, 3.63) is 57.0 Å². The molecule has 0 spiro atoms. The molecule has 3 nitrogen and oxygen atoms in total. The Morgan fingerprint density at radius 2 is 2.00 bits per heavy atom. The van der Waals surface area contributed by atoms with E-state index in [1.54, 1.807) is 18.2 Å². The molecule has 0 aliphatic carbocycles. The van der Waals surface area contributed by atoms with E-state index >= 15 is 0 Å². The van der Waals surface area contributed by atoms with Crippen molar-refractivity contribution in [2.45, 2.75) is 6.92 Å². The van der Waals surface area contributed by atoms with Crippen LogP contribution in [0, 0.1) is 6.92 Å². The Labute approximate surface area is 124 Å². The van der Waals surface area contributed by atoms with Crippen LogP contribution >= 0.6 is 27.5 Å². The first-order valence-corrected chi connectivity index (χ1v) is 6.77. The second-order valence-corrected chi connectivity index (χ2v) is 5.44. The maximum Gasteiger partial charge on any atom is 0.257 e. The highest BCUT2D eigenvalue weighted by atomic mass is 79.9. The minimum atomic E-state index is -0.267. The van der Waals surface area contributed by atoms with Crippen molar-refractivity contribution in [3.8, 4) is 0 Å². The molecular weight excluding hydrogens is 328 g/mol. The molecule has 3 N–H and O–H groups in total. The number of anilines is 2. The van der Waals surface area contributed by atoms with Crippen LogP contribution in [0.1, 0.15) is 15.9 Å². The predicted molar refractivity (Wildman–Crippen MR) is 82.7 cm³/mol. The van der Waals surface area contributed by atoms with E-state index in [2.05, 4.69) is 21.2 Å². The molecule has 2 aromatic rings. The highest BCUT2D eigenvalue weighted by molar-refractivity contribution is 9.10. The Bertz CT molecular complexity index is 643. The van der Waals surface area contributed by atoms with E-state index in [1.165, 1.54) is 0 Å². The zero-order chi connectivity index (χ0) is 14.0. The summed E-state index contributed by atoms with van der Waals surface area (Å²) in [5.41, 5.74) is 8.28. The van der Waals surface area contributed by atoms with E-state index in [0.717, 1.165) is 10.0 Å². The fourth-order valence-electron chi connectivity index (χ4n) is 1.64. The van der Waals surface area contributed by atoms with E-state index in [4.69, 9.17) is 17.3 Å². The SMILES string of the molecule is Cc1ccc(Br)c(NC(=O)c2ccc(N)cc2Cl)c1. The second kappa shape index (κ2) is 5.63. The lowest BCUT2D eigenvalue weighted by Crippen LogP contribution is -2.13. The van der Waals surface area contributed by atoms with Gasteiger partial charge in [0.05, 0.1) is 16.3 Å². The number of hydrogen-bond acceptors (Lipinski definition) is 2.